The predicted octanol–water partition coefficient (Wildman–Crippen LogP) is 2.00. The molecule has 1 aliphatic carbocycles. The molecule has 0 amide bonds. The predicted molar refractivity (Wildman–Crippen MR) is 67.7 cm³/mol. The van der Waals surface area contributed by atoms with E-state index in [1.165, 1.54) is 12.1 Å². The van der Waals surface area contributed by atoms with Crippen molar-refractivity contribution in [2.75, 3.05) is 0 Å². The van der Waals surface area contributed by atoms with Gasteiger partial charge in [-0.3, -0.25) is 4.68 Å². The van der Waals surface area contributed by atoms with Gasteiger partial charge in [-0.2, -0.15) is 5.10 Å². The van der Waals surface area contributed by atoms with E-state index in [0.29, 0.717) is 18.8 Å². The van der Waals surface area contributed by atoms with E-state index in [0.717, 1.165) is 31.5 Å². The molecule has 1 aromatic heterocycles. The van der Waals surface area contributed by atoms with Gasteiger partial charge in [-0.1, -0.05) is 0 Å². The van der Waals surface area contributed by atoms with Gasteiger partial charge < -0.3 is 10.5 Å². The Morgan fingerprint density at radius 1 is 1.53 bits per heavy atom. The van der Waals surface area contributed by atoms with Crippen LogP contribution in [-0.4, -0.2) is 21.9 Å². The Morgan fingerprint density at radius 3 is 3.06 bits per heavy atom. The third-order valence-corrected chi connectivity index (χ3v) is 3.42. The number of aryl methyl sites for hydroxylation is 2. The lowest BCUT2D eigenvalue weighted by Crippen LogP contribution is -2.32. The zero-order chi connectivity index (χ0) is 12.3. The van der Waals surface area contributed by atoms with E-state index < -0.39 is 0 Å². The second kappa shape index (κ2) is 5.65. The lowest BCUT2D eigenvalue weighted by Gasteiger charge is -2.26. The van der Waals surface area contributed by atoms with Crippen molar-refractivity contribution in [3.05, 3.63) is 17.5 Å². The van der Waals surface area contributed by atoms with Gasteiger partial charge in [0.05, 0.1) is 24.1 Å². The summed E-state index contributed by atoms with van der Waals surface area (Å²) in [6.07, 6.45) is 4.81. The van der Waals surface area contributed by atoms with Gasteiger partial charge in [0.2, 0.25) is 0 Å². The first-order valence-corrected chi connectivity index (χ1v) is 6.59. The second-order valence-electron chi connectivity index (χ2n) is 4.95. The van der Waals surface area contributed by atoms with Crippen molar-refractivity contribution in [1.29, 1.82) is 0 Å². The van der Waals surface area contributed by atoms with Crippen molar-refractivity contribution < 1.29 is 4.74 Å². The third kappa shape index (κ3) is 3.30. The summed E-state index contributed by atoms with van der Waals surface area (Å²) in [5.41, 5.74) is 8.19. The van der Waals surface area contributed by atoms with Crippen LogP contribution in [0.1, 0.15) is 44.0 Å². The summed E-state index contributed by atoms with van der Waals surface area (Å²) < 4.78 is 7.97. The molecule has 4 heteroatoms. The molecule has 1 saturated carbocycles. The molecule has 96 valence electrons. The van der Waals surface area contributed by atoms with Gasteiger partial charge in [-0.05, 0) is 45.6 Å². The number of aromatic nitrogens is 2. The third-order valence-electron chi connectivity index (χ3n) is 3.42. The summed E-state index contributed by atoms with van der Waals surface area (Å²) >= 11 is 0. The molecule has 0 radical (unpaired) electrons. The topological polar surface area (TPSA) is 53.1 Å². The fourth-order valence-electron chi connectivity index (χ4n) is 2.52. The van der Waals surface area contributed by atoms with E-state index in [1.807, 2.05) is 11.6 Å². The minimum Gasteiger partial charge on any atom is -0.372 e. The van der Waals surface area contributed by atoms with Crippen LogP contribution in [0, 0.1) is 6.92 Å². The van der Waals surface area contributed by atoms with E-state index in [9.17, 15) is 0 Å². The zero-order valence-corrected chi connectivity index (χ0v) is 10.9. The Labute approximate surface area is 103 Å². The van der Waals surface area contributed by atoms with Crippen molar-refractivity contribution in [3.63, 3.8) is 0 Å². The van der Waals surface area contributed by atoms with E-state index in [4.69, 9.17) is 10.5 Å². The van der Waals surface area contributed by atoms with Gasteiger partial charge in [-0.25, -0.2) is 0 Å². The molecule has 0 spiro atoms. The van der Waals surface area contributed by atoms with Crippen LogP contribution >= 0.6 is 0 Å². The largest absolute Gasteiger partial charge is 0.372 e. The van der Waals surface area contributed by atoms with Gasteiger partial charge in [0, 0.05) is 12.6 Å². The highest BCUT2D eigenvalue weighted by molar-refractivity contribution is 5.07. The standard InChI is InChI=1S/C13H23N3O/c1-3-16-12(7-10(2)15-16)9-17-13-6-4-5-11(14)8-13/h7,11,13H,3-6,8-9,14H2,1-2H3. The smallest absolute Gasteiger partial charge is 0.0888 e. The maximum absolute atomic E-state index is 5.96. The van der Waals surface area contributed by atoms with Gasteiger partial charge in [0.25, 0.3) is 0 Å². The minimum absolute atomic E-state index is 0.326. The molecule has 2 rings (SSSR count). The van der Waals surface area contributed by atoms with Crippen molar-refractivity contribution in [2.24, 2.45) is 5.73 Å². The van der Waals surface area contributed by atoms with Crippen LogP contribution in [-0.2, 0) is 17.9 Å². The highest BCUT2D eigenvalue weighted by atomic mass is 16.5. The first kappa shape index (κ1) is 12.6. The molecule has 2 N–H and O–H groups in total. The molecule has 2 unspecified atom stereocenters. The molecule has 1 fully saturated rings. The molecule has 0 aliphatic heterocycles. The van der Waals surface area contributed by atoms with Crippen molar-refractivity contribution >= 4 is 0 Å². The average Bonchev–Trinajstić information content (AvgIpc) is 2.67. The van der Waals surface area contributed by atoms with E-state index in [-0.39, 0.29) is 0 Å². The summed E-state index contributed by atoms with van der Waals surface area (Å²) in [6, 6.07) is 2.43. The number of hydrogen-bond donors (Lipinski definition) is 1. The molecular formula is C13H23N3O. The quantitative estimate of drug-likeness (QED) is 0.871. The van der Waals surface area contributed by atoms with E-state index in [2.05, 4.69) is 18.1 Å². The Kier molecular flexibility index (Phi) is 4.18. The monoisotopic (exact) mass is 237 g/mol. The number of nitrogens with zero attached hydrogens (tertiary/aromatic N) is 2. The number of rotatable bonds is 4. The van der Waals surface area contributed by atoms with E-state index in [1.54, 1.807) is 0 Å². The number of nitrogens with two attached hydrogens (primary N) is 1. The maximum Gasteiger partial charge on any atom is 0.0888 e. The van der Waals surface area contributed by atoms with Crippen LogP contribution in [0.4, 0.5) is 0 Å². The summed E-state index contributed by atoms with van der Waals surface area (Å²) in [7, 11) is 0. The second-order valence-corrected chi connectivity index (χ2v) is 4.95. The Hall–Kier alpha value is -0.870. The molecule has 0 aromatic carbocycles. The van der Waals surface area contributed by atoms with Gasteiger partial charge in [-0.15, -0.1) is 0 Å². The zero-order valence-electron chi connectivity index (χ0n) is 10.9. The lowest BCUT2D eigenvalue weighted by atomic mass is 9.94. The van der Waals surface area contributed by atoms with Crippen LogP contribution < -0.4 is 5.73 Å². The van der Waals surface area contributed by atoms with Crippen molar-refractivity contribution in [2.45, 2.75) is 64.8 Å². The molecule has 17 heavy (non-hydrogen) atoms. The highest BCUT2D eigenvalue weighted by Crippen LogP contribution is 2.21. The highest BCUT2D eigenvalue weighted by Gasteiger charge is 2.20. The summed E-state index contributed by atoms with van der Waals surface area (Å²) in [4.78, 5) is 0. The summed E-state index contributed by atoms with van der Waals surface area (Å²) in [5, 5.41) is 4.42. The van der Waals surface area contributed by atoms with Gasteiger partial charge in [0.1, 0.15) is 0 Å². The Morgan fingerprint density at radius 2 is 2.35 bits per heavy atom. The molecule has 0 bridgehead atoms. The maximum atomic E-state index is 5.96. The Balaban J connectivity index is 1.88. The first-order chi connectivity index (χ1) is 8.19. The van der Waals surface area contributed by atoms with Crippen LogP contribution in [0.2, 0.25) is 0 Å². The molecule has 1 aromatic rings. The van der Waals surface area contributed by atoms with Crippen molar-refractivity contribution in [1.82, 2.24) is 9.78 Å². The Bertz CT molecular complexity index is 362. The van der Waals surface area contributed by atoms with Crippen LogP contribution in [0.15, 0.2) is 6.07 Å². The number of hydrogen-bond acceptors (Lipinski definition) is 3. The van der Waals surface area contributed by atoms with Crippen molar-refractivity contribution in [3.8, 4) is 0 Å². The number of ether oxygens (including phenoxy) is 1. The van der Waals surface area contributed by atoms with Gasteiger partial charge >= 0.3 is 0 Å². The van der Waals surface area contributed by atoms with Crippen LogP contribution in [0.25, 0.3) is 0 Å². The summed E-state index contributed by atoms with van der Waals surface area (Å²) in [5.74, 6) is 0. The van der Waals surface area contributed by atoms with E-state index >= 15 is 0 Å². The fourth-order valence-corrected chi connectivity index (χ4v) is 2.52. The SMILES string of the molecule is CCn1nc(C)cc1COC1CCCC(N)C1. The molecule has 0 saturated heterocycles. The summed E-state index contributed by atoms with van der Waals surface area (Å²) in [6.45, 7) is 5.68. The first-order valence-electron chi connectivity index (χ1n) is 6.59. The van der Waals surface area contributed by atoms with Crippen LogP contribution in [0.5, 0.6) is 0 Å². The molecule has 2 atom stereocenters. The average molecular weight is 237 g/mol. The van der Waals surface area contributed by atoms with Gasteiger partial charge in [0.15, 0.2) is 0 Å². The fraction of sp³-hybridized carbons (Fsp3) is 0.769. The van der Waals surface area contributed by atoms with Crippen LogP contribution in [0.3, 0.4) is 0 Å². The normalized spacial score (nSPS) is 25.1. The molecule has 4 nitrogen and oxygen atoms in total. The molecule has 1 heterocycles. The minimum atomic E-state index is 0.326. The lowest BCUT2D eigenvalue weighted by molar-refractivity contribution is 0.00910. The molecule has 1 aliphatic rings. The molecular weight excluding hydrogens is 214 g/mol.